The van der Waals surface area contributed by atoms with Crippen LogP contribution in [0.2, 0.25) is 0 Å². The van der Waals surface area contributed by atoms with Gasteiger partial charge >= 0.3 is 12.1 Å². The first kappa shape index (κ1) is 21.9. The van der Waals surface area contributed by atoms with E-state index < -0.39 is 40.4 Å². The first-order valence-electron chi connectivity index (χ1n) is 11.4. The van der Waals surface area contributed by atoms with Gasteiger partial charge in [0.15, 0.2) is 17.1 Å². The molecule has 0 aromatic heterocycles. The number of amides is 3. The summed E-state index contributed by atoms with van der Waals surface area (Å²) in [6, 6.07) is 3.20. The Balaban J connectivity index is 1.78. The highest BCUT2D eigenvalue weighted by Gasteiger charge is 2.81. The average molecular weight is 484 g/mol. The van der Waals surface area contributed by atoms with Gasteiger partial charge < -0.3 is 24.1 Å². The zero-order valence-electron chi connectivity index (χ0n) is 19.3. The van der Waals surface area contributed by atoms with Gasteiger partial charge in [0.05, 0.1) is 19.9 Å². The van der Waals surface area contributed by atoms with Crippen molar-refractivity contribution < 1.29 is 43.2 Å². The summed E-state index contributed by atoms with van der Waals surface area (Å²) in [5, 5.41) is 12.3. The molecule has 0 saturated carbocycles. The number of ether oxygens (including phenoxy) is 4. The molecule has 2 spiro atoms. The van der Waals surface area contributed by atoms with Gasteiger partial charge in [-0.3, -0.25) is 19.4 Å². The van der Waals surface area contributed by atoms with Crippen molar-refractivity contribution in [1.82, 2.24) is 4.90 Å². The van der Waals surface area contributed by atoms with Crippen LogP contribution >= 0.6 is 0 Å². The monoisotopic (exact) mass is 484 g/mol. The van der Waals surface area contributed by atoms with Crippen LogP contribution in [-0.2, 0) is 29.3 Å². The van der Waals surface area contributed by atoms with Crippen LogP contribution in [0.1, 0.15) is 37.7 Å². The summed E-state index contributed by atoms with van der Waals surface area (Å²) in [7, 11) is 2.30. The van der Waals surface area contributed by atoms with Crippen LogP contribution in [0.15, 0.2) is 23.8 Å². The zero-order chi connectivity index (χ0) is 24.8. The largest absolute Gasteiger partial charge is 0.467 e. The van der Waals surface area contributed by atoms with Crippen LogP contribution in [0.4, 0.5) is 10.5 Å². The predicted octanol–water partition coefficient (Wildman–Crippen LogP) is 1.16. The van der Waals surface area contributed by atoms with E-state index in [2.05, 4.69) is 0 Å². The van der Waals surface area contributed by atoms with E-state index in [1.165, 1.54) is 12.0 Å². The second-order valence-electron chi connectivity index (χ2n) is 9.49. The summed E-state index contributed by atoms with van der Waals surface area (Å²) in [5.41, 5.74) is -4.87. The Kier molecular flexibility index (Phi) is 4.36. The Morgan fingerprint density at radius 2 is 1.91 bits per heavy atom. The highest BCUT2D eigenvalue weighted by Crippen LogP contribution is 2.68. The number of carbonyl (C=O) groups is 4. The summed E-state index contributed by atoms with van der Waals surface area (Å²) in [6.45, 7) is 0.0761. The van der Waals surface area contributed by atoms with Crippen LogP contribution in [0.25, 0.3) is 0 Å². The van der Waals surface area contributed by atoms with E-state index in [1.54, 1.807) is 12.1 Å². The molecule has 11 nitrogen and oxygen atoms in total. The van der Waals surface area contributed by atoms with Crippen molar-refractivity contribution in [3.05, 3.63) is 29.3 Å². The fourth-order valence-electron chi connectivity index (χ4n) is 6.84. The van der Waals surface area contributed by atoms with Crippen molar-refractivity contribution in [1.29, 1.82) is 0 Å². The third kappa shape index (κ3) is 2.29. The van der Waals surface area contributed by atoms with Crippen LogP contribution < -0.4 is 14.4 Å². The molecular weight excluding hydrogens is 460 g/mol. The fourth-order valence-corrected chi connectivity index (χ4v) is 6.84. The van der Waals surface area contributed by atoms with Crippen molar-refractivity contribution in [3.63, 3.8) is 0 Å². The van der Waals surface area contributed by atoms with Crippen molar-refractivity contribution >= 4 is 29.6 Å². The number of imide groups is 1. The normalized spacial score (nSPS) is 32.3. The third-order valence-electron chi connectivity index (χ3n) is 8.23. The Labute approximate surface area is 200 Å². The second kappa shape index (κ2) is 6.97. The molecule has 2 fully saturated rings. The lowest BCUT2D eigenvalue weighted by Gasteiger charge is -2.55. The number of methoxy groups -OCH3 is 2. The number of fused-ring (bicyclic) bond motifs is 7. The van der Waals surface area contributed by atoms with E-state index in [-0.39, 0.29) is 44.0 Å². The molecule has 4 bridgehead atoms. The number of benzene rings is 1. The first-order valence-corrected chi connectivity index (χ1v) is 11.4. The molecule has 35 heavy (non-hydrogen) atoms. The molecule has 5 heterocycles. The molecular formula is C24H24N2O9. The maximum absolute atomic E-state index is 14.3. The third-order valence-corrected chi connectivity index (χ3v) is 8.23. The highest BCUT2D eigenvalue weighted by atomic mass is 16.7. The molecule has 6 aliphatic rings. The molecule has 1 aliphatic carbocycles. The summed E-state index contributed by atoms with van der Waals surface area (Å²) < 4.78 is 21.4. The molecule has 2 saturated heterocycles. The Hall–Kier alpha value is -3.60. The van der Waals surface area contributed by atoms with Crippen LogP contribution in [0.3, 0.4) is 0 Å². The Bertz CT molecular complexity index is 1240. The van der Waals surface area contributed by atoms with E-state index in [9.17, 15) is 24.3 Å². The van der Waals surface area contributed by atoms with E-state index in [0.29, 0.717) is 24.2 Å². The summed E-state index contributed by atoms with van der Waals surface area (Å²) >= 11 is 0. The van der Waals surface area contributed by atoms with E-state index in [0.717, 1.165) is 17.6 Å². The molecule has 0 radical (unpaired) electrons. The van der Waals surface area contributed by atoms with Crippen molar-refractivity contribution in [2.24, 2.45) is 0 Å². The number of nitrogens with zero attached hydrogens (tertiary/aromatic N) is 2. The van der Waals surface area contributed by atoms with Crippen molar-refractivity contribution in [3.8, 4) is 11.5 Å². The number of hydrogen-bond donors (Lipinski definition) is 1. The number of aliphatic hydroxyl groups is 1. The minimum absolute atomic E-state index is 0.0831. The topological polar surface area (TPSA) is 132 Å². The van der Waals surface area contributed by atoms with E-state index >= 15 is 0 Å². The standard InChI is InChI=1S/C24H24N2O9/c1-32-20(29)23(31)10-13-4-3-9-25-16(27)11-22(19(25)28)14-5-6-15-18(35-12-34-15)17(14)26(21(30)33-2)24(22,23)8-7-13/h5-7,31H,3-4,8-12H2,1-2H3/t22-,23-,24+/m1/s1. The van der Waals surface area contributed by atoms with E-state index in [4.69, 9.17) is 18.9 Å². The minimum Gasteiger partial charge on any atom is -0.467 e. The van der Waals surface area contributed by atoms with Crippen LogP contribution in [0.5, 0.6) is 11.5 Å². The quantitative estimate of drug-likeness (QED) is 0.354. The molecule has 1 N–H and O–H groups in total. The molecule has 184 valence electrons. The minimum atomic E-state index is -2.37. The number of rotatable bonds is 1. The Morgan fingerprint density at radius 1 is 1.11 bits per heavy atom. The van der Waals surface area contributed by atoms with Gasteiger partial charge in [-0.15, -0.1) is 0 Å². The van der Waals surface area contributed by atoms with Gasteiger partial charge in [0.25, 0.3) is 0 Å². The van der Waals surface area contributed by atoms with E-state index in [1.807, 2.05) is 6.08 Å². The molecule has 3 atom stereocenters. The Morgan fingerprint density at radius 3 is 2.66 bits per heavy atom. The molecule has 0 unspecified atom stereocenters. The molecule has 7 rings (SSSR count). The van der Waals surface area contributed by atoms with Crippen LogP contribution in [0, 0.1) is 0 Å². The average Bonchev–Trinajstić information content (AvgIpc) is 3.49. The summed E-state index contributed by atoms with van der Waals surface area (Å²) in [4.78, 5) is 56.9. The molecule has 3 amide bonds. The summed E-state index contributed by atoms with van der Waals surface area (Å²) in [5.74, 6) is -1.50. The maximum atomic E-state index is 14.3. The van der Waals surface area contributed by atoms with Gasteiger partial charge in [-0.25, -0.2) is 9.59 Å². The smallest absolute Gasteiger partial charge is 0.414 e. The number of esters is 1. The van der Waals surface area contributed by atoms with Crippen LogP contribution in [-0.4, -0.2) is 72.6 Å². The molecule has 5 aliphatic heterocycles. The zero-order valence-corrected chi connectivity index (χ0v) is 19.3. The maximum Gasteiger partial charge on any atom is 0.414 e. The van der Waals surface area contributed by atoms with Gasteiger partial charge in [-0.2, -0.15) is 0 Å². The summed E-state index contributed by atoms with van der Waals surface area (Å²) in [6.07, 6.45) is 1.31. The number of carbonyl (C=O) groups excluding carboxylic acids is 4. The lowest BCUT2D eigenvalue weighted by atomic mass is 9.54. The SMILES string of the molecule is COC(=O)N1c2c(ccc3c2OCO3)[C@@]23CC(=O)N(CCCC4=CC[C@]12[C@](O)(C(=O)OC)C4)C3=O. The van der Waals surface area contributed by atoms with Crippen molar-refractivity contribution in [2.45, 2.75) is 48.7 Å². The molecule has 1 aromatic carbocycles. The van der Waals surface area contributed by atoms with Gasteiger partial charge in [0, 0.05) is 19.4 Å². The van der Waals surface area contributed by atoms with Gasteiger partial charge in [-0.05, 0) is 30.9 Å². The fraction of sp³-hybridized carbons (Fsp3) is 0.500. The lowest BCUT2D eigenvalue weighted by Crippen LogP contribution is -2.77. The molecule has 11 heteroatoms. The van der Waals surface area contributed by atoms with Crippen molar-refractivity contribution in [2.75, 3.05) is 32.5 Å². The number of anilines is 1. The predicted molar refractivity (Wildman–Crippen MR) is 117 cm³/mol. The second-order valence-corrected chi connectivity index (χ2v) is 9.49. The van der Waals surface area contributed by atoms with Gasteiger partial charge in [0.2, 0.25) is 18.6 Å². The van der Waals surface area contributed by atoms with Gasteiger partial charge in [0.1, 0.15) is 11.0 Å². The van der Waals surface area contributed by atoms with Gasteiger partial charge in [-0.1, -0.05) is 17.7 Å². The highest BCUT2D eigenvalue weighted by molar-refractivity contribution is 6.16. The lowest BCUT2D eigenvalue weighted by molar-refractivity contribution is -0.177. The molecule has 1 aromatic rings. The first-order chi connectivity index (χ1) is 16.8. The number of hydrogen-bond acceptors (Lipinski definition) is 9.